The van der Waals surface area contributed by atoms with E-state index in [1.165, 1.54) is 17.5 Å². The fourth-order valence-corrected chi connectivity index (χ4v) is 3.78. The maximum atomic E-state index is 8.56. The third-order valence-electron chi connectivity index (χ3n) is 1.95. The van der Waals surface area contributed by atoms with Crippen molar-refractivity contribution in [3.63, 3.8) is 0 Å². The van der Waals surface area contributed by atoms with E-state index >= 15 is 0 Å². The first-order valence-corrected chi connectivity index (χ1v) is 6.90. The van der Waals surface area contributed by atoms with E-state index in [1.807, 2.05) is 0 Å². The average Bonchev–Trinajstić information content (AvgIpc) is 2.06. The van der Waals surface area contributed by atoms with Gasteiger partial charge in [-0.25, -0.2) is 0 Å². The van der Waals surface area contributed by atoms with Crippen LogP contribution in [-0.4, -0.2) is 33.2 Å². The number of nitrogens with zero attached hydrogens (tertiary/aromatic N) is 2. The molecule has 12 heavy (non-hydrogen) atoms. The predicted molar refractivity (Wildman–Crippen MR) is 42.9 cm³/mol. The summed E-state index contributed by atoms with van der Waals surface area (Å²) < 4.78 is 3.90. The molecule has 4 heteroatoms. The zero-order chi connectivity index (χ0) is 8.81. The van der Waals surface area contributed by atoms with Gasteiger partial charge in [-0.15, -0.1) is 0 Å². The van der Waals surface area contributed by atoms with Crippen LogP contribution in [0.5, 0.6) is 0 Å². The Hall–Kier alpha value is 0.140. The van der Waals surface area contributed by atoms with E-state index in [-0.39, 0.29) is 21.5 Å². The third kappa shape index (κ3) is 3.25. The number of rotatable bonds is 3. The third-order valence-corrected chi connectivity index (χ3v) is 4.47. The molecule has 0 amide bonds. The summed E-state index contributed by atoms with van der Waals surface area (Å²) in [5.74, 6) is 0. The zero-order valence-electron chi connectivity index (χ0n) is 7.46. The molecule has 1 atom stereocenters. The molecule has 1 rings (SSSR count). The van der Waals surface area contributed by atoms with Crippen molar-refractivity contribution in [2.24, 2.45) is 0 Å². The summed E-state index contributed by atoms with van der Waals surface area (Å²) in [6.45, 7) is 5.83. The normalized spacial score (nSPS) is 25.5. The van der Waals surface area contributed by atoms with Crippen molar-refractivity contribution in [3.8, 4) is 6.07 Å². The van der Waals surface area contributed by atoms with Gasteiger partial charge in [-0.3, -0.25) is 0 Å². The standard InChI is InChI=1S/C8H15IN3/c1-2-9-12-6-5-11-8(7-12)3-4-10/h8,11H,2-3,5-7H2,1H3/q-1/p+1/t8-/m0/s1. The van der Waals surface area contributed by atoms with E-state index in [0.29, 0.717) is 12.5 Å². The summed E-state index contributed by atoms with van der Waals surface area (Å²) in [5, 5.41) is 10.9. The van der Waals surface area contributed by atoms with Crippen molar-refractivity contribution >= 4 is 0 Å². The molecule has 1 aliphatic rings. The van der Waals surface area contributed by atoms with Crippen LogP contribution in [0.2, 0.25) is 0 Å². The number of nitrogens with two attached hydrogens (primary N) is 1. The van der Waals surface area contributed by atoms with Crippen LogP contribution in [0.3, 0.4) is 0 Å². The van der Waals surface area contributed by atoms with E-state index in [0.717, 1.165) is 6.54 Å². The maximum absolute atomic E-state index is 8.56. The Bertz CT molecular complexity index is 164. The quantitative estimate of drug-likeness (QED) is 0.327. The molecule has 1 aliphatic heterocycles. The molecule has 1 saturated heterocycles. The summed E-state index contributed by atoms with van der Waals surface area (Å²) >= 11 is 0.272. The van der Waals surface area contributed by atoms with Gasteiger partial charge in [0, 0.05) is 0 Å². The topological polar surface area (TPSA) is 43.6 Å². The SMILES string of the molecule is CC[I-]N1CC[NH2+][C@@H](CC#N)C1. The number of hydrogen-bond acceptors (Lipinski definition) is 2. The molecule has 1 heterocycles. The van der Waals surface area contributed by atoms with Gasteiger partial charge >= 0.3 is 84.7 Å². The van der Waals surface area contributed by atoms with Gasteiger partial charge in [0.1, 0.15) is 0 Å². The van der Waals surface area contributed by atoms with E-state index in [9.17, 15) is 0 Å². The molecule has 0 aromatic heterocycles. The van der Waals surface area contributed by atoms with Gasteiger partial charge in [0.2, 0.25) is 0 Å². The Balaban J connectivity index is 2.26. The molecule has 3 nitrogen and oxygen atoms in total. The van der Waals surface area contributed by atoms with Crippen LogP contribution in [-0.2, 0) is 0 Å². The van der Waals surface area contributed by atoms with Crippen LogP contribution in [0.15, 0.2) is 0 Å². The second kappa shape index (κ2) is 5.73. The Morgan fingerprint density at radius 2 is 2.58 bits per heavy atom. The van der Waals surface area contributed by atoms with Crippen molar-refractivity contribution in [3.05, 3.63) is 0 Å². The second-order valence-electron chi connectivity index (χ2n) is 2.90. The van der Waals surface area contributed by atoms with E-state index < -0.39 is 0 Å². The number of quaternary nitrogens is 1. The summed E-state index contributed by atoms with van der Waals surface area (Å²) in [4.78, 5) is 0. The minimum absolute atomic E-state index is 0.272. The molecule has 1 fully saturated rings. The second-order valence-corrected chi connectivity index (χ2v) is 6.47. The monoisotopic (exact) mass is 281 g/mol. The molecule has 2 N–H and O–H groups in total. The number of alkyl halides is 1. The Morgan fingerprint density at radius 3 is 3.25 bits per heavy atom. The molecule has 0 saturated carbocycles. The van der Waals surface area contributed by atoms with Crippen molar-refractivity contribution in [1.82, 2.24) is 3.11 Å². The first-order chi connectivity index (χ1) is 5.86. The summed E-state index contributed by atoms with van der Waals surface area (Å²) in [7, 11) is 0. The molecule has 0 bridgehead atoms. The minimum atomic E-state index is 0.272. The van der Waals surface area contributed by atoms with Crippen LogP contribution < -0.4 is 26.8 Å². The zero-order valence-corrected chi connectivity index (χ0v) is 9.62. The summed E-state index contributed by atoms with van der Waals surface area (Å²) in [6, 6.07) is 2.81. The molecular weight excluding hydrogens is 265 g/mol. The molecule has 0 aromatic rings. The van der Waals surface area contributed by atoms with Crippen LogP contribution in [0.1, 0.15) is 13.3 Å². The molecule has 0 aliphatic carbocycles. The average molecular weight is 281 g/mol. The Labute approximate surface area is 84.7 Å². The fourth-order valence-electron chi connectivity index (χ4n) is 1.41. The molecule has 0 radical (unpaired) electrons. The van der Waals surface area contributed by atoms with Gasteiger partial charge in [-0.05, 0) is 0 Å². The predicted octanol–water partition coefficient (Wildman–Crippen LogP) is -3.83. The van der Waals surface area contributed by atoms with Crippen molar-refractivity contribution in [2.45, 2.75) is 19.4 Å². The molecule has 0 spiro atoms. The summed E-state index contributed by atoms with van der Waals surface area (Å²) in [6.07, 6.45) is 0.712. The molecule has 0 unspecified atom stereocenters. The van der Waals surface area contributed by atoms with Gasteiger partial charge in [0.05, 0.1) is 0 Å². The first kappa shape index (κ1) is 10.2. The van der Waals surface area contributed by atoms with E-state index in [4.69, 9.17) is 5.26 Å². The molecular formula is C8H16IN3. The molecule has 70 valence electrons. The van der Waals surface area contributed by atoms with Gasteiger partial charge in [0.25, 0.3) is 0 Å². The van der Waals surface area contributed by atoms with Crippen molar-refractivity contribution in [1.29, 1.82) is 5.26 Å². The van der Waals surface area contributed by atoms with Gasteiger partial charge in [0.15, 0.2) is 0 Å². The first-order valence-electron chi connectivity index (χ1n) is 4.41. The Kier molecular flexibility index (Phi) is 4.88. The van der Waals surface area contributed by atoms with E-state index in [2.05, 4.69) is 21.4 Å². The summed E-state index contributed by atoms with van der Waals surface area (Å²) in [5.41, 5.74) is 0. The molecule has 0 aromatic carbocycles. The van der Waals surface area contributed by atoms with Crippen LogP contribution in [0.25, 0.3) is 0 Å². The number of piperazine rings is 1. The van der Waals surface area contributed by atoms with Crippen LogP contribution >= 0.6 is 0 Å². The van der Waals surface area contributed by atoms with Gasteiger partial charge in [-0.2, -0.15) is 0 Å². The fraction of sp³-hybridized carbons (Fsp3) is 0.875. The van der Waals surface area contributed by atoms with Crippen molar-refractivity contribution < 1.29 is 26.8 Å². The van der Waals surface area contributed by atoms with Crippen LogP contribution in [0, 0.1) is 11.3 Å². The van der Waals surface area contributed by atoms with Gasteiger partial charge in [-0.1, -0.05) is 0 Å². The van der Waals surface area contributed by atoms with Gasteiger partial charge < -0.3 is 0 Å². The van der Waals surface area contributed by atoms with Crippen LogP contribution in [0.4, 0.5) is 0 Å². The number of halogens is 1. The van der Waals surface area contributed by atoms with E-state index in [1.54, 1.807) is 0 Å². The Morgan fingerprint density at radius 1 is 1.75 bits per heavy atom. The number of nitriles is 1. The number of hydrogen-bond donors (Lipinski definition) is 1. The van der Waals surface area contributed by atoms with Crippen molar-refractivity contribution in [2.75, 3.05) is 24.1 Å².